The number of anilines is 1. The Morgan fingerprint density at radius 2 is 1.96 bits per heavy atom. The van der Waals surface area contributed by atoms with Crippen LogP contribution >= 0.6 is 0 Å². The third kappa shape index (κ3) is 4.65. The molecule has 0 unspecified atom stereocenters. The first-order chi connectivity index (χ1) is 12.0. The standard InChI is InChI=1S/C18H15N3O4/c1-2-25-17-6-4-3-5-16(17)20-18(22)14(12-19)11-13-7-9-15(10-8-13)21(23)24/h3-11H,2H2,1H3,(H,20,22)/b14-11-. The summed E-state index contributed by atoms with van der Waals surface area (Å²) in [7, 11) is 0. The van der Waals surface area contributed by atoms with Crippen molar-refractivity contribution in [3.63, 3.8) is 0 Å². The summed E-state index contributed by atoms with van der Waals surface area (Å²) in [5.74, 6) is -0.0843. The normalized spacial score (nSPS) is 10.6. The molecule has 0 saturated carbocycles. The zero-order valence-electron chi connectivity index (χ0n) is 13.4. The monoisotopic (exact) mass is 337 g/mol. The first kappa shape index (κ1) is 17.7. The van der Waals surface area contributed by atoms with Gasteiger partial charge in [0.15, 0.2) is 0 Å². The smallest absolute Gasteiger partial charge is 0.269 e. The van der Waals surface area contributed by atoms with Gasteiger partial charge in [-0.05, 0) is 42.8 Å². The summed E-state index contributed by atoms with van der Waals surface area (Å²) in [6.07, 6.45) is 1.36. The van der Waals surface area contributed by atoms with Gasteiger partial charge in [0.05, 0.1) is 17.2 Å². The van der Waals surface area contributed by atoms with Crippen LogP contribution in [-0.4, -0.2) is 17.4 Å². The van der Waals surface area contributed by atoms with Gasteiger partial charge in [-0.1, -0.05) is 12.1 Å². The number of ether oxygens (including phenoxy) is 1. The van der Waals surface area contributed by atoms with Gasteiger partial charge < -0.3 is 10.1 Å². The lowest BCUT2D eigenvalue weighted by atomic mass is 10.1. The van der Waals surface area contributed by atoms with Crippen molar-refractivity contribution >= 4 is 23.4 Å². The first-order valence-corrected chi connectivity index (χ1v) is 7.44. The van der Waals surface area contributed by atoms with E-state index in [1.165, 1.54) is 30.3 Å². The molecule has 2 rings (SSSR count). The van der Waals surface area contributed by atoms with Gasteiger partial charge in [-0.3, -0.25) is 14.9 Å². The van der Waals surface area contributed by atoms with E-state index < -0.39 is 10.8 Å². The van der Waals surface area contributed by atoms with E-state index in [-0.39, 0.29) is 11.3 Å². The van der Waals surface area contributed by atoms with Crippen LogP contribution in [0, 0.1) is 21.4 Å². The second-order valence-corrected chi connectivity index (χ2v) is 4.90. The fraction of sp³-hybridized carbons (Fsp3) is 0.111. The average molecular weight is 337 g/mol. The molecule has 0 atom stereocenters. The number of carbonyl (C=O) groups is 1. The number of rotatable bonds is 6. The molecule has 0 aromatic heterocycles. The highest BCUT2D eigenvalue weighted by molar-refractivity contribution is 6.10. The van der Waals surface area contributed by atoms with Crippen molar-refractivity contribution in [2.45, 2.75) is 6.92 Å². The highest BCUT2D eigenvalue weighted by atomic mass is 16.6. The zero-order chi connectivity index (χ0) is 18.2. The number of non-ortho nitro benzene ring substituents is 1. The van der Waals surface area contributed by atoms with Gasteiger partial charge in [0.2, 0.25) is 0 Å². The Kier molecular flexibility index (Phi) is 5.85. The Balaban J connectivity index is 2.21. The van der Waals surface area contributed by atoms with Gasteiger partial charge in [0.25, 0.3) is 11.6 Å². The SMILES string of the molecule is CCOc1ccccc1NC(=O)/C(C#N)=C\c1ccc([N+](=O)[O-])cc1. The minimum absolute atomic E-state index is 0.0641. The number of para-hydroxylation sites is 2. The molecule has 0 bridgehead atoms. The van der Waals surface area contributed by atoms with Gasteiger partial charge in [0.1, 0.15) is 17.4 Å². The van der Waals surface area contributed by atoms with Crippen molar-refractivity contribution in [2.24, 2.45) is 0 Å². The van der Waals surface area contributed by atoms with Gasteiger partial charge in [0, 0.05) is 12.1 Å². The number of hydrogen-bond acceptors (Lipinski definition) is 5. The van der Waals surface area contributed by atoms with Crippen LogP contribution in [-0.2, 0) is 4.79 Å². The fourth-order valence-electron chi connectivity index (χ4n) is 2.05. The molecule has 0 aliphatic rings. The van der Waals surface area contributed by atoms with Crippen LogP contribution in [0.25, 0.3) is 6.08 Å². The molecule has 0 fully saturated rings. The molecule has 0 aliphatic carbocycles. The summed E-state index contributed by atoms with van der Waals surface area (Å²) < 4.78 is 5.42. The minimum atomic E-state index is -0.590. The molecule has 126 valence electrons. The molecular weight excluding hydrogens is 322 g/mol. The Hall–Kier alpha value is -3.66. The largest absolute Gasteiger partial charge is 0.492 e. The summed E-state index contributed by atoms with van der Waals surface area (Å²) in [6.45, 7) is 2.27. The van der Waals surface area contributed by atoms with Crippen LogP contribution in [0.15, 0.2) is 54.1 Å². The molecular formula is C18H15N3O4. The summed E-state index contributed by atoms with van der Waals surface area (Å²) in [5, 5.41) is 22.5. The molecule has 0 aliphatic heterocycles. The Morgan fingerprint density at radius 1 is 1.28 bits per heavy atom. The molecule has 0 heterocycles. The van der Waals surface area contributed by atoms with Crippen molar-refractivity contribution in [1.29, 1.82) is 5.26 Å². The van der Waals surface area contributed by atoms with E-state index in [1.807, 2.05) is 13.0 Å². The van der Waals surface area contributed by atoms with Crippen LogP contribution in [0.5, 0.6) is 5.75 Å². The number of nitro groups is 1. The number of amides is 1. The van der Waals surface area contributed by atoms with Crippen molar-refractivity contribution in [2.75, 3.05) is 11.9 Å². The number of nitrogens with one attached hydrogen (secondary N) is 1. The third-order valence-corrected chi connectivity index (χ3v) is 3.22. The predicted octanol–water partition coefficient (Wildman–Crippen LogP) is 3.54. The summed E-state index contributed by atoms with van der Waals surface area (Å²) in [6, 6.07) is 14.3. The Morgan fingerprint density at radius 3 is 2.56 bits per heavy atom. The lowest BCUT2D eigenvalue weighted by molar-refractivity contribution is -0.384. The van der Waals surface area contributed by atoms with E-state index in [2.05, 4.69) is 5.32 Å². The highest BCUT2D eigenvalue weighted by Crippen LogP contribution is 2.24. The van der Waals surface area contributed by atoms with E-state index in [0.29, 0.717) is 23.6 Å². The molecule has 25 heavy (non-hydrogen) atoms. The van der Waals surface area contributed by atoms with E-state index in [9.17, 15) is 20.2 Å². The molecule has 0 saturated heterocycles. The van der Waals surface area contributed by atoms with Crippen molar-refractivity contribution in [3.8, 4) is 11.8 Å². The predicted molar refractivity (Wildman–Crippen MR) is 92.9 cm³/mol. The molecule has 0 spiro atoms. The van der Waals surface area contributed by atoms with Crippen LogP contribution in [0.1, 0.15) is 12.5 Å². The second kappa shape index (κ2) is 8.26. The number of carbonyl (C=O) groups excluding carboxylic acids is 1. The van der Waals surface area contributed by atoms with Crippen molar-refractivity contribution in [1.82, 2.24) is 0 Å². The third-order valence-electron chi connectivity index (χ3n) is 3.22. The van der Waals surface area contributed by atoms with E-state index >= 15 is 0 Å². The molecule has 2 aromatic carbocycles. The molecule has 1 N–H and O–H groups in total. The van der Waals surface area contributed by atoms with Gasteiger partial charge in [-0.25, -0.2) is 0 Å². The highest BCUT2D eigenvalue weighted by Gasteiger charge is 2.12. The first-order valence-electron chi connectivity index (χ1n) is 7.44. The maximum absolute atomic E-state index is 12.3. The van der Waals surface area contributed by atoms with Crippen molar-refractivity contribution in [3.05, 3.63) is 69.8 Å². The summed E-state index contributed by atoms with van der Waals surface area (Å²) in [4.78, 5) is 22.4. The molecule has 1 amide bonds. The Bertz CT molecular complexity index is 851. The number of hydrogen-bond donors (Lipinski definition) is 1. The molecule has 7 nitrogen and oxygen atoms in total. The van der Waals surface area contributed by atoms with Crippen molar-refractivity contribution < 1.29 is 14.5 Å². The van der Waals surface area contributed by atoms with Crippen LogP contribution in [0.4, 0.5) is 11.4 Å². The van der Waals surface area contributed by atoms with Crippen LogP contribution < -0.4 is 10.1 Å². The summed E-state index contributed by atoms with van der Waals surface area (Å²) >= 11 is 0. The van der Waals surface area contributed by atoms with E-state index in [1.54, 1.807) is 24.3 Å². The quantitative estimate of drug-likeness (QED) is 0.375. The van der Waals surface area contributed by atoms with Crippen LogP contribution in [0.2, 0.25) is 0 Å². The lowest BCUT2D eigenvalue weighted by Gasteiger charge is -2.10. The number of nitro benzene ring substituents is 1. The van der Waals surface area contributed by atoms with Gasteiger partial charge >= 0.3 is 0 Å². The molecule has 7 heteroatoms. The van der Waals surface area contributed by atoms with E-state index in [4.69, 9.17) is 4.74 Å². The number of benzene rings is 2. The summed E-state index contributed by atoms with van der Waals surface area (Å²) in [5.41, 5.74) is 0.778. The topological polar surface area (TPSA) is 105 Å². The van der Waals surface area contributed by atoms with Crippen LogP contribution in [0.3, 0.4) is 0 Å². The minimum Gasteiger partial charge on any atom is -0.492 e. The average Bonchev–Trinajstić information content (AvgIpc) is 2.61. The zero-order valence-corrected chi connectivity index (χ0v) is 13.4. The number of nitriles is 1. The fourth-order valence-corrected chi connectivity index (χ4v) is 2.05. The number of nitrogens with zero attached hydrogens (tertiary/aromatic N) is 2. The lowest BCUT2D eigenvalue weighted by Crippen LogP contribution is -2.14. The van der Waals surface area contributed by atoms with Gasteiger partial charge in [-0.15, -0.1) is 0 Å². The maximum atomic E-state index is 12.3. The second-order valence-electron chi connectivity index (χ2n) is 4.90. The molecule has 2 aromatic rings. The van der Waals surface area contributed by atoms with E-state index in [0.717, 1.165) is 0 Å². The van der Waals surface area contributed by atoms with Gasteiger partial charge in [-0.2, -0.15) is 5.26 Å². The molecule has 0 radical (unpaired) electrons. The maximum Gasteiger partial charge on any atom is 0.269 e. The Labute approximate surface area is 144 Å².